The molecule has 1 saturated heterocycles. The molecule has 0 radical (unpaired) electrons. The van der Waals surface area contributed by atoms with Crippen LogP contribution in [-0.2, 0) is 14.3 Å². The van der Waals surface area contributed by atoms with Crippen LogP contribution in [0.3, 0.4) is 0 Å². The lowest BCUT2D eigenvalue weighted by Gasteiger charge is -2.17. The van der Waals surface area contributed by atoms with E-state index in [1.807, 2.05) is 0 Å². The van der Waals surface area contributed by atoms with Crippen LogP contribution in [0.25, 0.3) is 0 Å². The molecule has 1 aliphatic rings. The third-order valence-electron chi connectivity index (χ3n) is 1.59. The predicted octanol–water partition coefficient (Wildman–Crippen LogP) is -1.40. The van der Waals surface area contributed by atoms with E-state index in [9.17, 15) is 4.79 Å². The molecule has 11 heavy (non-hydrogen) atoms. The van der Waals surface area contributed by atoms with Gasteiger partial charge in [0.2, 0.25) is 5.79 Å². The lowest BCUT2D eigenvalue weighted by molar-refractivity contribution is -0.178. The molecular weight excluding hydrogens is 150 g/mol. The smallest absolute Gasteiger partial charge is 0.277 e. The summed E-state index contributed by atoms with van der Waals surface area (Å²) in [6.45, 7) is 1.48. The highest BCUT2D eigenvalue weighted by Crippen LogP contribution is 2.22. The minimum absolute atomic E-state index is 0.164. The summed E-state index contributed by atoms with van der Waals surface area (Å²) >= 11 is 0. The highest BCUT2D eigenvalue weighted by Gasteiger charge is 2.42. The van der Waals surface area contributed by atoms with Crippen molar-refractivity contribution in [3.05, 3.63) is 0 Å². The summed E-state index contributed by atoms with van der Waals surface area (Å²) in [5.74, 6) is -2.03. The molecule has 2 unspecified atom stereocenters. The van der Waals surface area contributed by atoms with Crippen LogP contribution in [0, 0.1) is 0 Å². The second-order valence-electron chi connectivity index (χ2n) is 2.54. The SMILES string of the molecule is CC1(C(N)=O)OCC(CO)O1. The van der Waals surface area contributed by atoms with Crippen LogP contribution >= 0.6 is 0 Å². The maximum atomic E-state index is 10.7. The van der Waals surface area contributed by atoms with Crippen LogP contribution < -0.4 is 5.73 Å². The maximum Gasteiger partial charge on any atom is 0.277 e. The van der Waals surface area contributed by atoms with Crippen LogP contribution in [-0.4, -0.2) is 36.1 Å². The topological polar surface area (TPSA) is 81.8 Å². The number of rotatable bonds is 2. The Kier molecular flexibility index (Phi) is 2.12. The molecule has 5 heteroatoms. The zero-order valence-corrected chi connectivity index (χ0v) is 6.24. The molecule has 1 rings (SSSR count). The Hall–Kier alpha value is -0.650. The van der Waals surface area contributed by atoms with E-state index in [1.165, 1.54) is 6.92 Å². The normalized spacial score (nSPS) is 37.5. The highest BCUT2D eigenvalue weighted by molar-refractivity contribution is 5.81. The van der Waals surface area contributed by atoms with Gasteiger partial charge in [0.15, 0.2) is 0 Å². The van der Waals surface area contributed by atoms with E-state index >= 15 is 0 Å². The number of aliphatic hydroxyl groups is 1. The molecule has 0 aromatic carbocycles. The molecule has 1 heterocycles. The van der Waals surface area contributed by atoms with E-state index in [4.69, 9.17) is 20.3 Å². The molecule has 1 amide bonds. The Morgan fingerprint density at radius 3 is 2.82 bits per heavy atom. The second kappa shape index (κ2) is 2.77. The zero-order valence-electron chi connectivity index (χ0n) is 6.24. The Bertz CT molecular complexity index is 172. The van der Waals surface area contributed by atoms with Gasteiger partial charge in [0.25, 0.3) is 5.91 Å². The number of carbonyl (C=O) groups is 1. The Balaban J connectivity index is 2.57. The summed E-state index contributed by atoms with van der Waals surface area (Å²) in [5.41, 5.74) is 4.98. The van der Waals surface area contributed by atoms with E-state index in [0.29, 0.717) is 0 Å². The molecule has 1 fully saturated rings. The van der Waals surface area contributed by atoms with Crippen LogP contribution in [0.1, 0.15) is 6.92 Å². The van der Waals surface area contributed by atoms with Gasteiger partial charge in [0, 0.05) is 0 Å². The molecule has 0 saturated carbocycles. The first-order chi connectivity index (χ1) is 5.08. The number of hydrogen-bond donors (Lipinski definition) is 2. The van der Waals surface area contributed by atoms with Gasteiger partial charge in [-0.1, -0.05) is 0 Å². The van der Waals surface area contributed by atoms with E-state index in [-0.39, 0.29) is 13.2 Å². The van der Waals surface area contributed by atoms with Gasteiger partial charge in [-0.25, -0.2) is 0 Å². The molecule has 0 aromatic heterocycles. The fourth-order valence-electron chi connectivity index (χ4n) is 0.857. The van der Waals surface area contributed by atoms with Gasteiger partial charge in [0.1, 0.15) is 6.10 Å². The van der Waals surface area contributed by atoms with Crippen molar-refractivity contribution in [2.24, 2.45) is 5.73 Å². The maximum absolute atomic E-state index is 10.7. The van der Waals surface area contributed by atoms with E-state index in [2.05, 4.69) is 0 Å². The first kappa shape index (κ1) is 8.45. The van der Waals surface area contributed by atoms with Crippen molar-refractivity contribution >= 4 is 5.91 Å². The van der Waals surface area contributed by atoms with Crippen LogP contribution in [0.15, 0.2) is 0 Å². The molecular formula is C6H11NO4. The van der Waals surface area contributed by atoms with Crippen molar-refractivity contribution in [3.63, 3.8) is 0 Å². The number of amides is 1. The number of aliphatic hydroxyl groups excluding tert-OH is 1. The van der Waals surface area contributed by atoms with Gasteiger partial charge >= 0.3 is 0 Å². The number of ether oxygens (including phenoxy) is 2. The third kappa shape index (κ3) is 1.50. The van der Waals surface area contributed by atoms with Crippen molar-refractivity contribution < 1.29 is 19.4 Å². The number of primary amides is 1. The van der Waals surface area contributed by atoms with Crippen molar-refractivity contribution in [1.82, 2.24) is 0 Å². The minimum Gasteiger partial charge on any atom is -0.394 e. The van der Waals surface area contributed by atoms with Crippen molar-refractivity contribution in [3.8, 4) is 0 Å². The molecule has 1 aliphatic heterocycles. The van der Waals surface area contributed by atoms with Crippen LogP contribution in [0.2, 0.25) is 0 Å². The Labute approximate surface area is 64.1 Å². The first-order valence-electron chi connectivity index (χ1n) is 3.31. The minimum atomic E-state index is -1.35. The quantitative estimate of drug-likeness (QED) is 0.521. The third-order valence-corrected chi connectivity index (χ3v) is 1.59. The molecule has 0 bridgehead atoms. The summed E-state index contributed by atoms with van der Waals surface area (Å²) in [6.07, 6.45) is -0.438. The zero-order chi connectivity index (χ0) is 8.48. The van der Waals surface area contributed by atoms with E-state index < -0.39 is 17.8 Å². The van der Waals surface area contributed by atoms with E-state index in [0.717, 1.165) is 0 Å². The lowest BCUT2D eigenvalue weighted by atomic mass is 10.3. The van der Waals surface area contributed by atoms with Gasteiger partial charge in [-0.15, -0.1) is 0 Å². The van der Waals surface area contributed by atoms with Crippen molar-refractivity contribution in [2.45, 2.75) is 18.8 Å². The van der Waals surface area contributed by atoms with Crippen LogP contribution in [0.5, 0.6) is 0 Å². The van der Waals surface area contributed by atoms with Crippen molar-refractivity contribution in [1.29, 1.82) is 0 Å². The average Bonchev–Trinajstić information content (AvgIpc) is 2.33. The summed E-state index contributed by atoms with van der Waals surface area (Å²) in [4.78, 5) is 10.7. The van der Waals surface area contributed by atoms with Gasteiger partial charge in [-0.3, -0.25) is 4.79 Å². The Morgan fingerprint density at radius 1 is 1.91 bits per heavy atom. The summed E-state index contributed by atoms with van der Waals surface area (Å²) < 4.78 is 9.96. The van der Waals surface area contributed by atoms with Gasteiger partial charge in [0.05, 0.1) is 13.2 Å². The molecule has 0 aliphatic carbocycles. The molecule has 5 nitrogen and oxygen atoms in total. The standard InChI is InChI=1S/C6H11NO4/c1-6(5(7)9)10-3-4(2-8)11-6/h4,8H,2-3H2,1H3,(H2,7,9). The van der Waals surface area contributed by atoms with Gasteiger partial charge in [-0.2, -0.15) is 0 Å². The van der Waals surface area contributed by atoms with Crippen molar-refractivity contribution in [2.75, 3.05) is 13.2 Å². The summed E-state index contributed by atoms with van der Waals surface area (Å²) in [5, 5.41) is 8.62. The largest absolute Gasteiger partial charge is 0.394 e. The first-order valence-corrected chi connectivity index (χ1v) is 3.31. The molecule has 64 valence electrons. The fraction of sp³-hybridized carbons (Fsp3) is 0.833. The molecule has 0 spiro atoms. The number of hydrogen-bond acceptors (Lipinski definition) is 4. The average molecular weight is 161 g/mol. The predicted molar refractivity (Wildman–Crippen MR) is 35.5 cm³/mol. The van der Waals surface area contributed by atoms with Gasteiger partial charge in [-0.05, 0) is 6.92 Å². The summed E-state index contributed by atoms with van der Waals surface area (Å²) in [7, 11) is 0. The fourth-order valence-corrected chi connectivity index (χ4v) is 0.857. The molecule has 0 aromatic rings. The van der Waals surface area contributed by atoms with Crippen LogP contribution in [0.4, 0.5) is 0 Å². The van der Waals surface area contributed by atoms with E-state index in [1.54, 1.807) is 0 Å². The lowest BCUT2D eigenvalue weighted by Crippen LogP contribution is -2.42. The second-order valence-corrected chi connectivity index (χ2v) is 2.54. The molecule has 2 atom stereocenters. The summed E-state index contributed by atoms with van der Waals surface area (Å²) in [6, 6.07) is 0. The monoisotopic (exact) mass is 161 g/mol. The Morgan fingerprint density at radius 2 is 2.55 bits per heavy atom. The number of nitrogens with two attached hydrogens (primary N) is 1. The highest BCUT2D eigenvalue weighted by atomic mass is 16.8. The molecule has 3 N–H and O–H groups in total. The van der Waals surface area contributed by atoms with Gasteiger partial charge < -0.3 is 20.3 Å². The number of carbonyl (C=O) groups excluding carboxylic acids is 1.